The summed E-state index contributed by atoms with van der Waals surface area (Å²) < 4.78 is 25.5. The number of likely N-dealkylation sites (tertiary alicyclic amines) is 1. The van der Waals surface area contributed by atoms with E-state index < -0.39 is 23.1 Å². The first-order valence-electron chi connectivity index (χ1n) is 15.2. The van der Waals surface area contributed by atoms with Gasteiger partial charge in [0.05, 0.1) is 25.0 Å². The lowest BCUT2D eigenvalue weighted by atomic mass is 10.0. The number of hydrogen-bond donors (Lipinski definition) is 2. The molecule has 3 aromatic rings. The number of alkyl halides is 2. The van der Waals surface area contributed by atoms with E-state index in [-0.39, 0.29) is 18.8 Å². The van der Waals surface area contributed by atoms with Gasteiger partial charge in [-0.25, -0.2) is 13.8 Å². The van der Waals surface area contributed by atoms with Crippen molar-refractivity contribution in [3.05, 3.63) is 60.6 Å². The Balaban J connectivity index is 0.000000408. The molecule has 1 unspecified atom stereocenters. The van der Waals surface area contributed by atoms with Gasteiger partial charge in [-0.2, -0.15) is 0 Å². The first-order chi connectivity index (χ1) is 20.4. The average molecular weight is 655 g/mol. The molecule has 1 saturated heterocycles. The molecule has 0 saturated carbocycles. The molecule has 1 aromatic carbocycles. The van der Waals surface area contributed by atoms with Gasteiger partial charge in [0, 0.05) is 42.9 Å². The van der Waals surface area contributed by atoms with Crippen molar-refractivity contribution < 1.29 is 8.78 Å². The Hall–Kier alpha value is -2.33. The van der Waals surface area contributed by atoms with E-state index in [4.69, 9.17) is 0 Å². The lowest BCUT2D eigenvalue weighted by molar-refractivity contribution is 0.0952. The van der Waals surface area contributed by atoms with Crippen molar-refractivity contribution in [2.75, 3.05) is 43.4 Å². The predicted octanol–water partition coefficient (Wildman–Crippen LogP) is 7.06. The number of hydrogen-bond acceptors (Lipinski definition) is 9. The van der Waals surface area contributed by atoms with Crippen LogP contribution in [0.1, 0.15) is 77.6 Å². The first-order valence-corrected chi connectivity index (χ1v) is 16.6. The quantitative estimate of drug-likeness (QED) is 0.159. The number of thiazole rings is 1. The maximum Gasteiger partial charge on any atom is 0.275 e. The minimum absolute atomic E-state index is 0. The molecule has 8 nitrogen and oxygen atoms in total. The number of pyridine rings is 1. The van der Waals surface area contributed by atoms with Crippen molar-refractivity contribution in [3.63, 3.8) is 0 Å². The predicted molar refractivity (Wildman–Crippen MR) is 187 cm³/mol. The zero-order chi connectivity index (χ0) is 32.2. The van der Waals surface area contributed by atoms with Gasteiger partial charge in [0.2, 0.25) is 0 Å². The molecule has 3 heterocycles. The second-order valence-corrected chi connectivity index (χ2v) is 12.9. The number of anilines is 3. The van der Waals surface area contributed by atoms with Crippen molar-refractivity contribution in [1.82, 2.24) is 19.8 Å². The summed E-state index contributed by atoms with van der Waals surface area (Å²) in [5.41, 5.74) is -2.47. The number of rotatable bonds is 12. The maximum absolute atomic E-state index is 12.8. The summed E-state index contributed by atoms with van der Waals surface area (Å²) in [5.74, 6) is 0.773. The molecule has 1 aliphatic heterocycles. The average Bonchev–Trinajstić information content (AvgIpc) is 3.48. The minimum Gasteiger partial charge on any atom is -0.374 e. The van der Waals surface area contributed by atoms with Gasteiger partial charge < -0.3 is 15.5 Å². The number of nitrogens with zero attached hydrogens (tertiary/aromatic N) is 4. The zero-order valence-electron chi connectivity index (χ0n) is 26.7. The van der Waals surface area contributed by atoms with Crippen LogP contribution in [0.25, 0.3) is 0 Å². The van der Waals surface area contributed by atoms with Crippen molar-refractivity contribution >= 4 is 37.6 Å². The third-order valence-corrected chi connectivity index (χ3v) is 8.02. The molecule has 0 aliphatic carbocycles. The Kier molecular flexibility index (Phi) is 17.4. The van der Waals surface area contributed by atoms with E-state index in [9.17, 15) is 18.4 Å². The van der Waals surface area contributed by atoms with Crippen LogP contribution in [0.4, 0.5) is 25.8 Å². The van der Waals surface area contributed by atoms with E-state index in [2.05, 4.69) is 56.6 Å². The van der Waals surface area contributed by atoms with Crippen LogP contribution in [0.3, 0.4) is 0 Å². The van der Waals surface area contributed by atoms with E-state index in [1.54, 1.807) is 17.4 Å². The Morgan fingerprint density at radius 2 is 1.77 bits per heavy atom. The van der Waals surface area contributed by atoms with Crippen molar-refractivity contribution in [2.45, 2.75) is 93.4 Å². The Bertz CT molecular complexity index is 1300. The molecule has 1 atom stereocenters. The molecule has 2 aromatic heterocycles. The Morgan fingerprint density at radius 3 is 2.30 bits per heavy atom. The molecule has 4 rings (SSSR count). The number of nitrogens with one attached hydrogen (secondary N) is 2. The van der Waals surface area contributed by atoms with E-state index in [1.165, 1.54) is 65.9 Å². The largest absolute Gasteiger partial charge is 0.374 e. The summed E-state index contributed by atoms with van der Waals surface area (Å²) in [5, 5.41) is 8.37. The molecule has 1 aliphatic rings. The van der Waals surface area contributed by atoms with Gasteiger partial charge in [0.15, 0.2) is 0 Å². The fourth-order valence-electron chi connectivity index (χ4n) is 4.89. The minimum atomic E-state index is -3.06. The van der Waals surface area contributed by atoms with Crippen molar-refractivity contribution in [2.24, 2.45) is 5.92 Å². The van der Waals surface area contributed by atoms with E-state index in [0.717, 1.165) is 29.8 Å². The van der Waals surface area contributed by atoms with E-state index >= 15 is 0 Å². The number of aromatic nitrogens is 2. The van der Waals surface area contributed by atoms with E-state index in [1.807, 2.05) is 33.9 Å². The van der Waals surface area contributed by atoms with Crippen LogP contribution in [0.5, 0.6) is 0 Å². The monoisotopic (exact) mass is 654 g/mol. The second-order valence-electron chi connectivity index (χ2n) is 11.1. The fourth-order valence-corrected chi connectivity index (χ4v) is 5.65. The van der Waals surface area contributed by atoms with Gasteiger partial charge >= 0.3 is 0 Å². The summed E-state index contributed by atoms with van der Waals surface area (Å²) in [4.78, 5) is 36.8. The highest BCUT2D eigenvalue weighted by Crippen LogP contribution is 2.26. The zero-order valence-corrected chi connectivity index (χ0v) is 28.6. The van der Waals surface area contributed by atoms with Crippen LogP contribution in [0, 0.1) is 19.8 Å². The highest BCUT2D eigenvalue weighted by Gasteiger charge is 2.27. The third-order valence-electron chi connectivity index (χ3n) is 7.05. The lowest BCUT2D eigenvalue weighted by Gasteiger charge is -2.39. The summed E-state index contributed by atoms with van der Waals surface area (Å²) in [6, 6.07) is 2.55. The molecule has 12 heteroatoms. The summed E-state index contributed by atoms with van der Waals surface area (Å²) in [7, 11) is 1.36. The Labute approximate surface area is 269 Å². The maximum atomic E-state index is 12.8. The van der Waals surface area contributed by atoms with Crippen LogP contribution in [0.15, 0.2) is 33.4 Å². The normalized spacial score (nSPS) is 14.0. The van der Waals surface area contributed by atoms with Gasteiger partial charge in [-0.3, -0.25) is 19.5 Å². The summed E-state index contributed by atoms with van der Waals surface area (Å²) in [6.07, 6.45) is 7.33. The highest BCUT2D eigenvalue weighted by molar-refractivity contribution is 7.18. The summed E-state index contributed by atoms with van der Waals surface area (Å²) in [6.45, 7) is 19.9. The second kappa shape index (κ2) is 19.2. The molecule has 248 valence electrons. The first kappa shape index (κ1) is 39.7. The van der Waals surface area contributed by atoms with Crippen LogP contribution < -0.4 is 21.5 Å². The van der Waals surface area contributed by atoms with Crippen LogP contribution in [-0.2, 0) is 6.54 Å². The van der Waals surface area contributed by atoms with Crippen molar-refractivity contribution in [1.29, 1.82) is 0 Å². The SMILES string of the molecule is C.CC.CCCN(CC(C)C)C1CCN(Cc2nccs2)CC1.Cc1cc(Nc2c(NCC(F)(F)P)c(=O)c2=O)cnc1C. The molecule has 0 spiro atoms. The molecule has 0 bridgehead atoms. The molecular weight excluding hydrogens is 601 g/mol. The lowest BCUT2D eigenvalue weighted by Crippen LogP contribution is -2.46. The van der Waals surface area contributed by atoms with Gasteiger partial charge in [0.1, 0.15) is 16.4 Å². The standard InChI is InChI=1S/C16H29N3S.C13H14F2N3O2P.C2H6.CH4/c1-4-8-19(12-14(2)3)15-5-9-18(10-6-15)13-16-17-7-11-20-16;1-6-3-8(4-16-7(6)2)18-10-9(11(19)12(10)20)17-5-13(14,15)21;1-2;/h7,11,14-15H,4-6,8-10,12-13H2,1-3H3;3-4,17-18H,5,21H2,1-2H3;1-2H3;1H4. The Morgan fingerprint density at radius 1 is 1.14 bits per heavy atom. The smallest absolute Gasteiger partial charge is 0.275 e. The van der Waals surface area contributed by atoms with Crippen LogP contribution in [-0.4, -0.2) is 64.2 Å². The molecule has 44 heavy (non-hydrogen) atoms. The molecule has 2 N–H and O–H groups in total. The van der Waals surface area contributed by atoms with Crippen LogP contribution >= 0.6 is 20.6 Å². The fraction of sp³-hybridized carbons (Fsp3) is 0.625. The van der Waals surface area contributed by atoms with Gasteiger partial charge in [0.25, 0.3) is 16.5 Å². The van der Waals surface area contributed by atoms with Crippen LogP contribution in [0.2, 0.25) is 0 Å². The molecule has 0 amide bonds. The third kappa shape index (κ3) is 12.6. The van der Waals surface area contributed by atoms with Crippen molar-refractivity contribution in [3.8, 4) is 0 Å². The number of aryl methyl sites for hydroxylation is 2. The van der Waals surface area contributed by atoms with Gasteiger partial charge in [-0.1, -0.05) is 51.3 Å². The molecular formula is C32H53F2N6O2PS. The number of halogens is 2. The highest BCUT2D eigenvalue weighted by atomic mass is 32.1. The topological polar surface area (TPSA) is 90.5 Å². The summed E-state index contributed by atoms with van der Waals surface area (Å²) >= 11 is 1.78. The molecule has 1 fully saturated rings. The van der Waals surface area contributed by atoms with Gasteiger partial charge in [-0.05, 0) is 57.2 Å². The molecule has 0 radical (unpaired) electrons. The van der Waals surface area contributed by atoms with Gasteiger partial charge in [-0.15, -0.1) is 11.3 Å². The number of piperidine rings is 1. The van der Waals surface area contributed by atoms with E-state index in [0.29, 0.717) is 5.69 Å².